The average Bonchev–Trinajstić information content (AvgIpc) is 2.86. The summed E-state index contributed by atoms with van der Waals surface area (Å²) < 4.78 is 11.2. The molecule has 1 saturated heterocycles. The van der Waals surface area contributed by atoms with Crippen LogP contribution in [-0.4, -0.2) is 64.3 Å². The van der Waals surface area contributed by atoms with Crippen LogP contribution in [0.2, 0.25) is 0 Å². The molecule has 10 nitrogen and oxygen atoms in total. The molecule has 0 unspecified atom stereocenters. The molecule has 172 valence electrons. The Kier molecular flexibility index (Phi) is 7.62. The van der Waals surface area contributed by atoms with Crippen LogP contribution in [0, 0.1) is 0 Å². The number of aromatic hydroxyl groups is 1. The summed E-state index contributed by atoms with van der Waals surface area (Å²) in [5, 5.41) is 22.9. The number of morpholine rings is 1. The molecule has 0 atom stereocenters. The first-order valence-corrected chi connectivity index (χ1v) is 10.7. The van der Waals surface area contributed by atoms with Gasteiger partial charge in [-0.05, 0) is 29.3 Å². The van der Waals surface area contributed by atoms with Crippen molar-refractivity contribution in [3.8, 4) is 11.8 Å². The average molecular weight is 450 g/mol. The number of benzene rings is 1. The largest absolute Gasteiger partial charge is 0.506 e. The van der Waals surface area contributed by atoms with E-state index in [0.29, 0.717) is 32.1 Å². The van der Waals surface area contributed by atoms with Crippen molar-refractivity contribution < 1.29 is 19.7 Å². The number of nitrogens with one attached hydrogen (secondary N) is 1. The van der Waals surface area contributed by atoms with Gasteiger partial charge < -0.3 is 24.6 Å². The van der Waals surface area contributed by atoms with Gasteiger partial charge in [0, 0.05) is 31.3 Å². The fraction of sp³-hybridized carbons (Fsp3) is 0.304. The van der Waals surface area contributed by atoms with Gasteiger partial charge in [0.1, 0.15) is 11.6 Å². The highest BCUT2D eigenvalue weighted by molar-refractivity contribution is 5.80. The fourth-order valence-corrected chi connectivity index (χ4v) is 3.25. The van der Waals surface area contributed by atoms with Crippen LogP contribution in [0.5, 0.6) is 11.8 Å². The summed E-state index contributed by atoms with van der Waals surface area (Å²) in [4.78, 5) is 15.2. The molecule has 0 spiro atoms. The van der Waals surface area contributed by atoms with Gasteiger partial charge in [-0.2, -0.15) is 15.1 Å². The van der Waals surface area contributed by atoms with E-state index in [0.717, 1.165) is 35.7 Å². The Balaban J connectivity index is 1.46. The first kappa shape index (κ1) is 22.4. The molecular formula is C23H26N6O4. The Labute approximate surface area is 191 Å². The second-order valence-electron chi connectivity index (χ2n) is 7.37. The van der Waals surface area contributed by atoms with Crippen LogP contribution in [0.3, 0.4) is 0 Å². The normalized spacial score (nSPS) is 13.9. The van der Waals surface area contributed by atoms with Gasteiger partial charge in [0.05, 0.1) is 38.8 Å². The standard InChI is InChI=1S/C23H26N6O4/c30-16-18-3-1-2-17(12-18)14-25-28-21-13-22(29-7-10-32-11-8-29)27-23(26-21)33-9-6-19-4-5-20(31)15-24-19/h1-5,12-15,30-31H,6-11,16H2,(H,26,27,28). The van der Waals surface area contributed by atoms with Gasteiger partial charge in [0.15, 0.2) is 5.82 Å². The molecule has 1 fully saturated rings. The van der Waals surface area contributed by atoms with Gasteiger partial charge in [-0.25, -0.2) is 0 Å². The first-order valence-electron chi connectivity index (χ1n) is 10.7. The number of nitrogens with zero attached hydrogens (tertiary/aromatic N) is 5. The van der Waals surface area contributed by atoms with Crippen molar-refractivity contribution >= 4 is 17.9 Å². The number of hydrazone groups is 1. The maximum Gasteiger partial charge on any atom is 0.320 e. The molecule has 0 aliphatic carbocycles. The Morgan fingerprint density at radius 2 is 2.03 bits per heavy atom. The molecule has 2 aromatic heterocycles. The zero-order valence-corrected chi connectivity index (χ0v) is 18.1. The maximum atomic E-state index is 9.36. The van der Waals surface area contributed by atoms with Crippen molar-refractivity contribution in [2.75, 3.05) is 43.2 Å². The summed E-state index contributed by atoms with van der Waals surface area (Å²) in [5.74, 6) is 1.35. The third-order valence-corrected chi connectivity index (χ3v) is 4.95. The molecule has 0 saturated carbocycles. The summed E-state index contributed by atoms with van der Waals surface area (Å²) in [7, 11) is 0. The van der Waals surface area contributed by atoms with E-state index >= 15 is 0 Å². The third kappa shape index (κ3) is 6.61. The van der Waals surface area contributed by atoms with Gasteiger partial charge in [-0.15, -0.1) is 0 Å². The van der Waals surface area contributed by atoms with E-state index in [9.17, 15) is 10.2 Å². The SMILES string of the molecule is OCc1cccc(C=NNc2cc(N3CCOCC3)nc(OCCc3ccc(O)cn3)n2)c1. The number of rotatable bonds is 9. The molecule has 1 aromatic carbocycles. The van der Waals surface area contributed by atoms with E-state index in [4.69, 9.17) is 9.47 Å². The Bertz CT molecular complexity index is 1070. The lowest BCUT2D eigenvalue weighted by Gasteiger charge is -2.28. The number of anilines is 2. The van der Waals surface area contributed by atoms with Crippen LogP contribution in [0.25, 0.3) is 0 Å². The third-order valence-electron chi connectivity index (χ3n) is 4.95. The summed E-state index contributed by atoms with van der Waals surface area (Å²) in [5.41, 5.74) is 5.41. The van der Waals surface area contributed by atoms with Crippen LogP contribution in [0.4, 0.5) is 11.6 Å². The lowest BCUT2D eigenvalue weighted by atomic mass is 10.1. The Morgan fingerprint density at radius 1 is 1.15 bits per heavy atom. The van der Waals surface area contributed by atoms with Crippen molar-refractivity contribution in [3.05, 3.63) is 65.5 Å². The van der Waals surface area contributed by atoms with Crippen LogP contribution in [0.15, 0.2) is 53.8 Å². The minimum absolute atomic E-state index is 0.0235. The molecule has 3 heterocycles. The number of pyridine rings is 1. The van der Waals surface area contributed by atoms with E-state index in [-0.39, 0.29) is 18.4 Å². The molecule has 33 heavy (non-hydrogen) atoms. The number of aromatic nitrogens is 3. The smallest absolute Gasteiger partial charge is 0.320 e. The lowest BCUT2D eigenvalue weighted by Crippen LogP contribution is -2.36. The van der Waals surface area contributed by atoms with E-state index in [1.54, 1.807) is 18.3 Å². The van der Waals surface area contributed by atoms with Gasteiger partial charge in [0.2, 0.25) is 0 Å². The number of hydrogen-bond acceptors (Lipinski definition) is 10. The summed E-state index contributed by atoms with van der Waals surface area (Å²) in [6.45, 7) is 3.03. The molecule has 1 aliphatic heterocycles. The lowest BCUT2D eigenvalue weighted by molar-refractivity contribution is 0.122. The predicted octanol–water partition coefficient (Wildman–Crippen LogP) is 1.97. The second kappa shape index (κ2) is 11.2. The summed E-state index contributed by atoms with van der Waals surface area (Å²) >= 11 is 0. The van der Waals surface area contributed by atoms with Crippen molar-refractivity contribution in [1.82, 2.24) is 15.0 Å². The molecule has 10 heteroatoms. The topological polar surface area (TPSA) is 125 Å². The van der Waals surface area contributed by atoms with Crippen LogP contribution >= 0.6 is 0 Å². The highest BCUT2D eigenvalue weighted by Gasteiger charge is 2.15. The Morgan fingerprint density at radius 3 is 2.82 bits per heavy atom. The molecule has 0 amide bonds. The minimum atomic E-state index is -0.0235. The predicted molar refractivity (Wildman–Crippen MR) is 124 cm³/mol. The zero-order chi connectivity index (χ0) is 22.9. The molecule has 0 bridgehead atoms. The van der Waals surface area contributed by atoms with Crippen molar-refractivity contribution in [1.29, 1.82) is 0 Å². The molecule has 0 radical (unpaired) electrons. The number of aliphatic hydroxyl groups is 1. The summed E-state index contributed by atoms with van der Waals surface area (Å²) in [6, 6.07) is 12.9. The van der Waals surface area contributed by atoms with Crippen molar-refractivity contribution in [2.45, 2.75) is 13.0 Å². The molecular weight excluding hydrogens is 424 g/mol. The monoisotopic (exact) mass is 450 g/mol. The fourth-order valence-electron chi connectivity index (χ4n) is 3.25. The van der Waals surface area contributed by atoms with Gasteiger partial charge >= 0.3 is 6.01 Å². The number of hydrogen-bond donors (Lipinski definition) is 3. The summed E-state index contributed by atoms with van der Waals surface area (Å²) in [6.07, 6.45) is 3.61. The minimum Gasteiger partial charge on any atom is -0.506 e. The van der Waals surface area contributed by atoms with Gasteiger partial charge in [0.25, 0.3) is 0 Å². The molecule has 3 aromatic rings. The Hall–Kier alpha value is -3.76. The maximum absolute atomic E-state index is 9.36. The quantitative estimate of drug-likeness (QED) is 0.331. The van der Waals surface area contributed by atoms with Gasteiger partial charge in [-0.3, -0.25) is 10.4 Å². The van der Waals surface area contributed by atoms with E-state index in [1.807, 2.05) is 30.3 Å². The first-order chi connectivity index (χ1) is 16.2. The van der Waals surface area contributed by atoms with Crippen LogP contribution in [0.1, 0.15) is 16.8 Å². The van der Waals surface area contributed by atoms with Crippen molar-refractivity contribution in [3.63, 3.8) is 0 Å². The highest BCUT2D eigenvalue weighted by Crippen LogP contribution is 2.21. The molecule has 3 N–H and O–H groups in total. The van der Waals surface area contributed by atoms with Gasteiger partial charge in [-0.1, -0.05) is 18.2 Å². The highest BCUT2D eigenvalue weighted by atomic mass is 16.5. The zero-order valence-electron chi connectivity index (χ0n) is 18.1. The van der Waals surface area contributed by atoms with Crippen LogP contribution < -0.4 is 15.1 Å². The molecule has 4 rings (SSSR count). The van der Waals surface area contributed by atoms with E-state index < -0.39 is 0 Å². The molecule has 1 aliphatic rings. The van der Waals surface area contributed by atoms with E-state index in [1.165, 1.54) is 6.20 Å². The number of aliphatic hydroxyl groups excluding tert-OH is 1. The van der Waals surface area contributed by atoms with Crippen LogP contribution in [-0.2, 0) is 17.8 Å². The van der Waals surface area contributed by atoms with Crippen molar-refractivity contribution in [2.24, 2.45) is 5.10 Å². The van der Waals surface area contributed by atoms with E-state index in [2.05, 4.69) is 30.4 Å². The second-order valence-corrected chi connectivity index (χ2v) is 7.37. The number of ether oxygens (including phenoxy) is 2.